The topological polar surface area (TPSA) is 84.7 Å². The maximum atomic E-state index is 13.4. The molecule has 0 radical (unpaired) electrons. The van der Waals surface area contributed by atoms with E-state index in [1.54, 1.807) is 12.3 Å². The number of thiophene rings is 1. The minimum Gasteiger partial charge on any atom is -0.330 e. The van der Waals surface area contributed by atoms with Crippen LogP contribution in [0.25, 0.3) is 11.3 Å². The molecule has 1 aliphatic rings. The van der Waals surface area contributed by atoms with Crippen LogP contribution < -0.4 is 5.73 Å². The first-order chi connectivity index (χ1) is 14.1. The molecule has 0 amide bonds. The molecular formula is C22H21FN4OS. The number of aromatic nitrogens is 2. The highest BCUT2D eigenvalue weighted by Crippen LogP contribution is 2.37. The van der Waals surface area contributed by atoms with Crippen LogP contribution in [0.2, 0.25) is 0 Å². The zero-order chi connectivity index (χ0) is 20.4. The van der Waals surface area contributed by atoms with Gasteiger partial charge in [-0.25, -0.2) is 4.39 Å². The van der Waals surface area contributed by atoms with Crippen LogP contribution in [0.1, 0.15) is 38.5 Å². The van der Waals surface area contributed by atoms with Crippen LogP contribution in [0, 0.1) is 23.1 Å². The molecule has 2 aromatic heterocycles. The first kappa shape index (κ1) is 19.5. The van der Waals surface area contributed by atoms with E-state index in [9.17, 15) is 14.4 Å². The summed E-state index contributed by atoms with van der Waals surface area (Å²) < 4.78 is 15.3. The minimum atomic E-state index is -0.281. The fourth-order valence-corrected chi connectivity index (χ4v) is 5.01. The van der Waals surface area contributed by atoms with E-state index in [2.05, 4.69) is 11.2 Å². The molecule has 3 heterocycles. The number of aryl methyl sites for hydroxylation is 2. The van der Waals surface area contributed by atoms with Crippen LogP contribution in [-0.4, -0.2) is 22.1 Å². The quantitative estimate of drug-likeness (QED) is 0.626. The van der Waals surface area contributed by atoms with Crippen molar-refractivity contribution in [1.29, 1.82) is 5.26 Å². The molecular weight excluding hydrogens is 387 g/mol. The van der Waals surface area contributed by atoms with Gasteiger partial charge in [0.15, 0.2) is 5.78 Å². The van der Waals surface area contributed by atoms with Crippen molar-refractivity contribution in [3.05, 3.63) is 63.2 Å². The summed E-state index contributed by atoms with van der Waals surface area (Å²) in [6, 6.07) is 10.5. The smallest absolute Gasteiger partial charge is 0.173 e. The number of carbonyl (C=O) groups is 1. The van der Waals surface area contributed by atoms with Crippen molar-refractivity contribution < 1.29 is 9.18 Å². The van der Waals surface area contributed by atoms with Crippen LogP contribution in [0.3, 0.4) is 0 Å². The van der Waals surface area contributed by atoms with Crippen LogP contribution in [0.4, 0.5) is 4.39 Å². The van der Waals surface area contributed by atoms with Gasteiger partial charge >= 0.3 is 0 Å². The van der Waals surface area contributed by atoms with E-state index in [1.807, 2.05) is 16.8 Å². The third-order valence-corrected chi connectivity index (χ3v) is 6.53. The SMILES string of the molecule is N#Cc1cnn2c1-c1cc(C(=O)C[C@H](CN)Cc3cccc(F)c3)sc1CCC2. The number of hydrogen-bond acceptors (Lipinski definition) is 5. The van der Waals surface area contributed by atoms with Gasteiger partial charge in [0.1, 0.15) is 11.9 Å². The molecule has 4 rings (SSSR count). The number of ketones is 1. The van der Waals surface area contributed by atoms with Crippen molar-refractivity contribution in [1.82, 2.24) is 9.78 Å². The van der Waals surface area contributed by atoms with Crippen molar-refractivity contribution in [3.63, 3.8) is 0 Å². The lowest BCUT2D eigenvalue weighted by Crippen LogP contribution is -2.20. The van der Waals surface area contributed by atoms with Gasteiger partial charge in [-0.05, 0) is 55.5 Å². The average molecular weight is 409 g/mol. The number of nitrogens with zero attached hydrogens (tertiary/aromatic N) is 3. The molecule has 0 unspecified atom stereocenters. The van der Waals surface area contributed by atoms with Crippen LogP contribution in [-0.2, 0) is 19.4 Å². The Hall–Kier alpha value is -2.82. The monoisotopic (exact) mass is 408 g/mol. The first-order valence-corrected chi connectivity index (χ1v) is 10.5. The molecule has 0 aliphatic carbocycles. The van der Waals surface area contributed by atoms with Gasteiger partial charge in [-0.3, -0.25) is 9.48 Å². The number of hydrogen-bond donors (Lipinski definition) is 1. The second-order valence-corrected chi connectivity index (χ2v) is 8.49. The molecule has 3 aromatic rings. The number of halogens is 1. The molecule has 5 nitrogen and oxygen atoms in total. The number of fused-ring (bicyclic) bond motifs is 3. The Morgan fingerprint density at radius 3 is 3.03 bits per heavy atom. The molecule has 2 N–H and O–H groups in total. The molecule has 0 saturated heterocycles. The summed E-state index contributed by atoms with van der Waals surface area (Å²) in [6.45, 7) is 1.13. The lowest BCUT2D eigenvalue weighted by molar-refractivity contribution is 0.0966. The first-order valence-electron chi connectivity index (χ1n) is 9.65. The minimum absolute atomic E-state index is 0.0412. The number of carbonyl (C=O) groups excluding carboxylic acids is 1. The number of benzene rings is 1. The van der Waals surface area contributed by atoms with Crippen molar-refractivity contribution in [2.75, 3.05) is 6.54 Å². The molecule has 148 valence electrons. The summed E-state index contributed by atoms with van der Waals surface area (Å²) in [4.78, 5) is 14.8. The van der Waals surface area contributed by atoms with E-state index in [4.69, 9.17) is 5.73 Å². The van der Waals surface area contributed by atoms with Crippen molar-refractivity contribution in [3.8, 4) is 17.3 Å². The molecule has 0 fully saturated rings. The van der Waals surface area contributed by atoms with E-state index in [-0.39, 0.29) is 17.5 Å². The number of Topliss-reactive ketones (excluding diaryl/α,β-unsaturated/α-hetero) is 1. The highest BCUT2D eigenvalue weighted by molar-refractivity contribution is 7.14. The van der Waals surface area contributed by atoms with E-state index in [0.29, 0.717) is 29.8 Å². The van der Waals surface area contributed by atoms with E-state index in [0.717, 1.165) is 41.1 Å². The zero-order valence-corrected chi connectivity index (χ0v) is 16.7. The van der Waals surface area contributed by atoms with Crippen molar-refractivity contribution >= 4 is 17.1 Å². The Morgan fingerprint density at radius 1 is 1.41 bits per heavy atom. The molecule has 7 heteroatoms. The highest BCUT2D eigenvalue weighted by atomic mass is 32.1. The third-order valence-electron chi connectivity index (χ3n) is 5.29. The second-order valence-electron chi connectivity index (χ2n) is 7.36. The van der Waals surface area contributed by atoms with Gasteiger partial charge in [0, 0.05) is 23.4 Å². The maximum Gasteiger partial charge on any atom is 0.173 e. The van der Waals surface area contributed by atoms with E-state index in [1.165, 1.54) is 23.5 Å². The lowest BCUT2D eigenvalue weighted by Gasteiger charge is -2.13. The summed E-state index contributed by atoms with van der Waals surface area (Å²) in [5.41, 5.74) is 9.04. The average Bonchev–Trinajstić information content (AvgIpc) is 3.27. The third kappa shape index (κ3) is 4.00. The molecule has 1 aromatic carbocycles. The Morgan fingerprint density at radius 2 is 2.28 bits per heavy atom. The van der Waals surface area contributed by atoms with Gasteiger partial charge < -0.3 is 5.73 Å². The van der Waals surface area contributed by atoms with Crippen molar-refractivity contribution in [2.24, 2.45) is 11.7 Å². The van der Waals surface area contributed by atoms with Gasteiger partial charge in [0.05, 0.1) is 22.3 Å². The molecule has 1 atom stereocenters. The van der Waals surface area contributed by atoms with Gasteiger partial charge in [-0.2, -0.15) is 10.4 Å². The normalized spacial score (nSPS) is 13.8. The summed E-state index contributed by atoms with van der Waals surface area (Å²) in [5.74, 6) is -0.289. The maximum absolute atomic E-state index is 13.4. The van der Waals surface area contributed by atoms with Gasteiger partial charge in [-0.1, -0.05) is 12.1 Å². The van der Waals surface area contributed by atoms with E-state index >= 15 is 0 Å². The molecule has 1 aliphatic heterocycles. The van der Waals surface area contributed by atoms with Crippen molar-refractivity contribution in [2.45, 2.75) is 32.2 Å². The predicted molar refractivity (Wildman–Crippen MR) is 110 cm³/mol. The standard InChI is InChI=1S/C22H21FN4OS/c23-17-4-1-3-14(8-17)7-15(11-24)9-19(28)21-10-18-20(29-21)5-2-6-27-22(18)16(12-25)13-26-27/h1,3-4,8,10,13,15H,2,5-7,9,11,24H2/t15-/m1/s1. The molecule has 0 bridgehead atoms. The largest absolute Gasteiger partial charge is 0.330 e. The van der Waals surface area contributed by atoms with Crippen LogP contribution in [0.5, 0.6) is 0 Å². The fourth-order valence-electron chi connectivity index (χ4n) is 3.86. The summed E-state index contributed by atoms with van der Waals surface area (Å²) >= 11 is 1.50. The van der Waals surface area contributed by atoms with Gasteiger partial charge in [-0.15, -0.1) is 11.3 Å². The van der Waals surface area contributed by atoms with Crippen LogP contribution >= 0.6 is 11.3 Å². The Balaban J connectivity index is 1.56. The summed E-state index contributed by atoms with van der Waals surface area (Å²) in [6.07, 6.45) is 4.26. The molecule has 0 saturated carbocycles. The van der Waals surface area contributed by atoms with Gasteiger partial charge in [0.2, 0.25) is 0 Å². The summed E-state index contributed by atoms with van der Waals surface area (Å²) in [5, 5.41) is 13.7. The second kappa shape index (κ2) is 8.27. The number of rotatable bonds is 6. The molecule has 0 spiro atoms. The zero-order valence-electron chi connectivity index (χ0n) is 15.9. The van der Waals surface area contributed by atoms with Crippen LogP contribution in [0.15, 0.2) is 36.5 Å². The Labute approximate surface area is 172 Å². The highest BCUT2D eigenvalue weighted by Gasteiger charge is 2.24. The Kier molecular flexibility index (Phi) is 5.56. The van der Waals surface area contributed by atoms with Gasteiger partial charge in [0.25, 0.3) is 0 Å². The fraction of sp³-hybridized carbons (Fsp3) is 0.318. The number of nitriles is 1. The Bertz CT molecular complexity index is 1090. The predicted octanol–water partition coefficient (Wildman–Crippen LogP) is 3.96. The van der Waals surface area contributed by atoms with E-state index < -0.39 is 0 Å². The summed E-state index contributed by atoms with van der Waals surface area (Å²) in [7, 11) is 0. The number of nitrogens with two attached hydrogens (primary N) is 1. The molecule has 29 heavy (non-hydrogen) atoms. The lowest BCUT2D eigenvalue weighted by atomic mass is 9.93.